The molecule has 1 aliphatic rings. The van der Waals surface area contributed by atoms with E-state index in [2.05, 4.69) is 0 Å². The van der Waals surface area contributed by atoms with E-state index in [1.807, 2.05) is 13.8 Å². The molecule has 1 aliphatic carbocycles. The molecule has 0 aromatic carbocycles. The van der Waals surface area contributed by atoms with Crippen LogP contribution in [-0.2, 0) is 4.79 Å². The lowest BCUT2D eigenvalue weighted by atomic mass is 9.79. The van der Waals surface area contributed by atoms with E-state index < -0.39 is 0 Å². The number of nitrogens with zero attached hydrogens (tertiary/aromatic N) is 1. The highest BCUT2D eigenvalue weighted by molar-refractivity contribution is 5.84. The molecule has 1 fully saturated rings. The number of nitro groups is 1. The molecule has 1 rings (SSSR count). The van der Waals surface area contributed by atoms with Crippen molar-refractivity contribution < 1.29 is 9.72 Å². The monoisotopic (exact) mass is 185 g/mol. The lowest BCUT2D eigenvalue weighted by Crippen LogP contribution is -2.28. The maximum absolute atomic E-state index is 11.4. The van der Waals surface area contributed by atoms with Gasteiger partial charge in [-0.1, -0.05) is 20.8 Å². The van der Waals surface area contributed by atoms with Crippen LogP contribution in [0, 0.1) is 27.4 Å². The summed E-state index contributed by atoms with van der Waals surface area (Å²) in [6.07, 6.45) is 0.479. The fourth-order valence-corrected chi connectivity index (χ4v) is 2.21. The summed E-state index contributed by atoms with van der Waals surface area (Å²) in [6, 6.07) is 0. The van der Waals surface area contributed by atoms with Crippen LogP contribution in [0.5, 0.6) is 0 Å². The van der Waals surface area contributed by atoms with Gasteiger partial charge in [-0.25, -0.2) is 0 Å². The number of carbonyl (C=O) groups excluding carboxylic acids is 1. The highest BCUT2D eigenvalue weighted by Crippen LogP contribution is 2.44. The highest BCUT2D eigenvalue weighted by Gasteiger charge is 2.47. The average Bonchev–Trinajstić information content (AvgIpc) is 2.12. The Morgan fingerprint density at radius 1 is 1.62 bits per heavy atom. The van der Waals surface area contributed by atoms with Gasteiger partial charge in [0.25, 0.3) is 0 Å². The van der Waals surface area contributed by atoms with Crippen molar-refractivity contribution in [3.8, 4) is 0 Å². The van der Waals surface area contributed by atoms with Crippen LogP contribution in [0.2, 0.25) is 0 Å². The number of Topliss-reactive ketones (excluding diaryl/α,β-unsaturated/α-hetero) is 1. The smallest absolute Gasteiger partial charge is 0.207 e. The van der Waals surface area contributed by atoms with Gasteiger partial charge in [0.1, 0.15) is 5.78 Å². The van der Waals surface area contributed by atoms with Crippen LogP contribution in [0.25, 0.3) is 0 Å². The second kappa shape index (κ2) is 3.09. The van der Waals surface area contributed by atoms with Crippen LogP contribution >= 0.6 is 0 Å². The molecule has 0 amide bonds. The number of ketones is 1. The van der Waals surface area contributed by atoms with Crippen LogP contribution in [0.3, 0.4) is 0 Å². The van der Waals surface area contributed by atoms with Gasteiger partial charge in [0.2, 0.25) is 6.54 Å². The average molecular weight is 185 g/mol. The molecule has 0 N–H and O–H groups in total. The summed E-state index contributed by atoms with van der Waals surface area (Å²) in [5.41, 5.74) is -0.205. The zero-order valence-electron chi connectivity index (χ0n) is 8.24. The third-order valence-corrected chi connectivity index (χ3v) is 3.09. The SMILES string of the molecule is CC1C(=O)CC(C)(C)C1C[N+](=O)[O-]. The molecule has 0 aromatic rings. The molecule has 0 bridgehead atoms. The molecule has 1 saturated carbocycles. The fraction of sp³-hybridized carbons (Fsp3) is 0.889. The highest BCUT2D eigenvalue weighted by atomic mass is 16.6. The van der Waals surface area contributed by atoms with Crippen molar-refractivity contribution in [2.24, 2.45) is 17.3 Å². The van der Waals surface area contributed by atoms with Crippen molar-refractivity contribution in [3.05, 3.63) is 10.1 Å². The second-order valence-corrected chi connectivity index (χ2v) is 4.54. The van der Waals surface area contributed by atoms with E-state index in [1.54, 1.807) is 6.92 Å². The number of carbonyl (C=O) groups is 1. The lowest BCUT2D eigenvalue weighted by molar-refractivity contribution is -0.492. The topological polar surface area (TPSA) is 60.2 Å². The van der Waals surface area contributed by atoms with Crippen LogP contribution in [-0.4, -0.2) is 17.3 Å². The minimum atomic E-state index is -0.318. The normalized spacial score (nSPS) is 32.1. The van der Waals surface area contributed by atoms with Crippen molar-refractivity contribution >= 4 is 5.78 Å². The fourth-order valence-electron chi connectivity index (χ4n) is 2.21. The molecule has 0 heterocycles. The summed E-state index contributed by atoms with van der Waals surface area (Å²) >= 11 is 0. The van der Waals surface area contributed by atoms with E-state index >= 15 is 0 Å². The van der Waals surface area contributed by atoms with Gasteiger partial charge in [0.05, 0.1) is 0 Å². The molecule has 13 heavy (non-hydrogen) atoms. The summed E-state index contributed by atoms with van der Waals surface area (Å²) < 4.78 is 0. The standard InChI is InChI=1S/C9H15NO3/c1-6-7(5-10(12)13)9(2,3)4-8(6)11/h6-7H,4-5H2,1-3H3. The summed E-state index contributed by atoms with van der Waals surface area (Å²) in [6.45, 7) is 5.58. The van der Waals surface area contributed by atoms with Gasteiger partial charge in [0.15, 0.2) is 0 Å². The molecule has 4 heteroatoms. The third-order valence-electron chi connectivity index (χ3n) is 3.09. The first kappa shape index (κ1) is 10.2. The number of hydrogen-bond donors (Lipinski definition) is 0. The predicted octanol–water partition coefficient (Wildman–Crippen LogP) is 1.51. The minimum Gasteiger partial charge on any atom is -0.299 e. The van der Waals surface area contributed by atoms with Gasteiger partial charge in [-0.15, -0.1) is 0 Å². The maximum atomic E-state index is 11.4. The predicted molar refractivity (Wildman–Crippen MR) is 47.9 cm³/mol. The summed E-state index contributed by atoms with van der Waals surface area (Å²) in [7, 11) is 0. The molecular weight excluding hydrogens is 170 g/mol. The summed E-state index contributed by atoms with van der Waals surface area (Å²) in [4.78, 5) is 21.4. The number of hydrogen-bond acceptors (Lipinski definition) is 3. The van der Waals surface area contributed by atoms with E-state index in [-0.39, 0.29) is 34.5 Å². The third kappa shape index (κ3) is 1.87. The van der Waals surface area contributed by atoms with Gasteiger partial charge in [-0.05, 0) is 5.41 Å². The van der Waals surface area contributed by atoms with Crippen molar-refractivity contribution in [1.82, 2.24) is 0 Å². The first-order valence-corrected chi connectivity index (χ1v) is 4.49. The van der Waals surface area contributed by atoms with E-state index in [4.69, 9.17) is 0 Å². The molecule has 0 aromatic heterocycles. The Bertz CT molecular complexity index is 247. The van der Waals surface area contributed by atoms with E-state index in [9.17, 15) is 14.9 Å². The van der Waals surface area contributed by atoms with Crippen molar-refractivity contribution in [2.45, 2.75) is 27.2 Å². The Balaban J connectivity index is 2.80. The van der Waals surface area contributed by atoms with Crippen molar-refractivity contribution in [3.63, 3.8) is 0 Å². The summed E-state index contributed by atoms with van der Waals surface area (Å²) in [5.74, 6) is -0.0905. The van der Waals surface area contributed by atoms with Crippen LogP contribution < -0.4 is 0 Å². The lowest BCUT2D eigenvalue weighted by Gasteiger charge is -2.24. The molecule has 2 unspecified atom stereocenters. The largest absolute Gasteiger partial charge is 0.299 e. The summed E-state index contributed by atoms with van der Waals surface area (Å²) in [5, 5.41) is 10.4. The maximum Gasteiger partial charge on any atom is 0.207 e. The number of rotatable bonds is 2. The Morgan fingerprint density at radius 2 is 2.15 bits per heavy atom. The van der Waals surface area contributed by atoms with E-state index in [0.29, 0.717) is 6.42 Å². The van der Waals surface area contributed by atoms with Crippen LogP contribution in [0.15, 0.2) is 0 Å². The molecule has 0 spiro atoms. The van der Waals surface area contributed by atoms with Crippen molar-refractivity contribution in [1.29, 1.82) is 0 Å². The zero-order chi connectivity index (χ0) is 10.2. The van der Waals surface area contributed by atoms with Crippen molar-refractivity contribution in [2.75, 3.05) is 6.54 Å². The quantitative estimate of drug-likeness (QED) is 0.484. The van der Waals surface area contributed by atoms with Crippen LogP contribution in [0.1, 0.15) is 27.2 Å². The molecule has 2 atom stereocenters. The molecule has 0 saturated heterocycles. The van der Waals surface area contributed by atoms with Gasteiger partial charge in [0, 0.05) is 23.2 Å². The van der Waals surface area contributed by atoms with Gasteiger partial charge < -0.3 is 0 Å². The Morgan fingerprint density at radius 3 is 2.46 bits per heavy atom. The Labute approximate surface area is 77.5 Å². The minimum absolute atomic E-state index is 0.0834. The zero-order valence-corrected chi connectivity index (χ0v) is 8.24. The second-order valence-electron chi connectivity index (χ2n) is 4.54. The molecule has 4 nitrogen and oxygen atoms in total. The van der Waals surface area contributed by atoms with Gasteiger partial charge in [-0.2, -0.15) is 0 Å². The molecule has 74 valence electrons. The van der Waals surface area contributed by atoms with Crippen LogP contribution in [0.4, 0.5) is 0 Å². The first-order chi connectivity index (χ1) is 5.84. The molecule has 0 radical (unpaired) electrons. The molecule has 0 aliphatic heterocycles. The van der Waals surface area contributed by atoms with E-state index in [1.165, 1.54) is 0 Å². The Hall–Kier alpha value is -0.930. The van der Waals surface area contributed by atoms with Gasteiger partial charge >= 0.3 is 0 Å². The van der Waals surface area contributed by atoms with E-state index in [0.717, 1.165) is 0 Å². The molecular formula is C9H15NO3. The van der Waals surface area contributed by atoms with Gasteiger partial charge in [-0.3, -0.25) is 14.9 Å². The first-order valence-electron chi connectivity index (χ1n) is 4.49. The Kier molecular flexibility index (Phi) is 2.41.